The maximum absolute atomic E-state index is 13.0. The van der Waals surface area contributed by atoms with Gasteiger partial charge in [-0.3, -0.25) is 0 Å². The highest BCUT2D eigenvalue weighted by molar-refractivity contribution is 5.86. The predicted octanol–water partition coefficient (Wildman–Crippen LogP) is 9.92. The Hall–Kier alpha value is -2.56. The van der Waals surface area contributed by atoms with E-state index in [4.69, 9.17) is 13.9 Å². The van der Waals surface area contributed by atoms with Crippen molar-refractivity contribution in [2.75, 3.05) is 6.61 Å². The van der Waals surface area contributed by atoms with Gasteiger partial charge in [0, 0.05) is 22.9 Å². The van der Waals surface area contributed by atoms with Gasteiger partial charge in [-0.2, -0.15) is 0 Å². The molecule has 0 bridgehead atoms. The molecular formula is C42H58O5. The highest BCUT2D eigenvalue weighted by atomic mass is 16.6. The number of carbonyl (C=O) groups excluding carboxylic acids is 1. The summed E-state index contributed by atoms with van der Waals surface area (Å²) < 4.78 is 17.7. The van der Waals surface area contributed by atoms with Crippen LogP contribution in [-0.2, 0) is 22.4 Å². The number of hydrogen-bond donors (Lipinski definition) is 0. The summed E-state index contributed by atoms with van der Waals surface area (Å²) in [6, 6.07) is 3.86. The monoisotopic (exact) mass is 642 g/mol. The Morgan fingerprint density at radius 3 is 2.62 bits per heavy atom. The number of carbonyl (C=O) groups is 1. The lowest BCUT2D eigenvalue weighted by atomic mass is 9.47. The molecule has 8 atom stereocenters. The molecule has 47 heavy (non-hydrogen) atoms. The summed E-state index contributed by atoms with van der Waals surface area (Å²) in [4.78, 5) is 25.6. The maximum Gasteiger partial charge on any atom is 0.344 e. The van der Waals surface area contributed by atoms with Gasteiger partial charge in [0.05, 0.1) is 0 Å². The van der Waals surface area contributed by atoms with Crippen LogP contribution in [0.5, 0.6) is 5.75 Å². The molecule has 5 aliphatic rings. The lowest BCUT2D eigenvalue weighted by molar-refractivity contribution is -0.153. The molecule has 3 fully saturated rings. The zero-order chi connectivity index (χ0) is 33.1. The number of allylic oxidation sites excluding steroid dienone is 1. The largest absolute Gasteiger partial charge is 0.481 e. The summed E-state index contributed by atoms with van der Waals surface area (Å²) in [6.07, 6.45) is 19.0. The zero-order valence-electron chi connectivity index (χ0n) is 29.9. The van der Waals surface area contributed by atoms with Crippen LogP contribution in [0.1, 0.15) is 128 Å². The Balaban J connectivity index is 0.966. The number of ether oxygens (including phenoxy) is 2. The van der Waals surface area contributed by atoms with E-state index < -0.39 is 0 Å². The van der Waals surface area contributed by atoms with Crippen molar-refractivity contribution >= 4 is 16.9 Å². The molecule has 3 saturated carbocycles. The van der Waals surface area contributed by atoms with E-state index in [0.29, 0.717) is 16.7 Å². The first-order valence-electron chi connectivity index (χ1n) is 19.1. The number of benzene rings is 1. The van der Waals surface area contributed by atoms with E-state index in [-0.39, 0.29) is 29.7 Å². The minimum Gasteiger partial charge on any atom is -0.481 e. The summed E-state index contributed by atoms with van der Waals surface area (Å²) in [5.41, 5.74) is 5.28. The van der Waals surface area contributed by atoms with Crippen LogP contribution in [0.2, 0.25) is 0 Å². The summed E-state index contributed by atoms with van der Waals surface area (Å²) in [7, 11) is 0. The highest BCUT2D eigenvalue weighted by Crippen LogP contribution is 2.67. The van der Waals surface area contributed by atoms with Crippen molar-refractivity contribution in [2.45, 2.75) is 138 Å². The molecule has 0 radical (unpaired) electrons. The van der Waals surface area contributed by atoms with Crippen LogP contribution in [0.25, 0.3) is 11.0 Å². The molecule has 5 nitrogen and oxygen atoms in total. The normalized spacial score (nSPS) is 33.5. The molecule has 1 aromatic carbocycles. The average molecular weight is 643 g/mol. The van der Waals surface area contributed by atoms with Gasteiger partial charge in [0.25, 0.3) is 0 Å². The Labute approximate surface area is 282 Å². The molecule has 0 unspecified atom stereocenters. The summed E-state index contributed by atoms with van der Waals surface area (Å²) in [6.45, 7) is 14.2. The van der Waals surface area contributed by atoms with E-state index in [1.165, 1.54) is 56.9 Å². The third-order valence-corrected chi connectivity index (χ3v) is 14.2. The van der Waals surface area contributed by atoms with Crippen molar-refractivity contribution in [3.8, 4) is 5.75 Å². The third kappa shape index (κ3) is 5.80. The van der Waals surface area contributed by atoms with E-state index in [0.717, 1.165) is 96.1 Å². The van der Waals surface area contributed by atoms with Crippen molar-refractivity contribution in [2.24, 2.45) is 46.3 Å². The van der Waals surface area contributed by atoms with Crippen molar-refractivity contribution in [3.05, 3.63) is 50.9 Å². The molecule has 1 aromatic heterocycles. The van der Waals surface area contributed by atoms with Gasteiger partial charge in [-0.05, 0) is 135 Å². The van der Waals surface area contributed by atoms with Crippen LogP contribution < -0.4 is 10.4 Å². The van der Waals surface area contributed by atoms with Crippen LogP contribution in [0, 0.1) is 53.3 Å². The highest BCUT2D eigenvalue weighted by Gasteiger charge is 2.59. The first-order chi connectivity index (χ1) is 22.5. The van der Waals surface area contributed by atoms with Crippen LogP contribution in [-0.4, -0.2) is 18.7 Å². The van der Waals surface area contributed by atoms with Crippen molar-refractivity contribution in [1.29, 1.82) is 0 Å². The fourth-order valence-electron chi connectivity index (χ4n) is 11.7. The molecule has 5 heteroatoms. The topological polar surface area (TPSA) is 65.7 Å². The lowest BCUT2D eigenvalue weighted by Crippen LogP contribution is -2.51. The van der Waals surface area contributed by atoms with Gasteiger partial charge in [-0.25, -0.2) is 9.59 Å². The first-order valence-corrected chi connectivity index (χ1v) is 19.1. The molecule has 2 aromatic rings. The van der Waals surface area contributed by atoms with Crippen LogP contribution in [0.4, 0.5) is 0 Å². The smallest absolute Gasteiger partial charge is 0.344 e. The second-order valence-corrected chi connectivity index (χ2v) is 17.2. The van der Waals surface area contributed by atoms with Gasteiger partial charge in [-0.15, -0.1) is 0 Å². The minimum atomic E-state index is -0.323. The van der Waals surface area contributed by atoms with Gasteiger partial charge >= 0.3 is 11.6 Å². The maximum atomic E-state index is 13.0. The molecule has 7 rings (SSSR count). The summed E-state index contributed by atoms with van der Waals surface area (Å²) in [5, 5.41) is 0.986. The molecule has 5 aliphatic carbocycles. The van der Waals surface area contributed by atoms with E-state index in [2.05, 4.69) is 40.7 Å². The molecule has 0 saturated heterocycles. The van der Waals surface area contributed by atoms with Crippen LogP contribution in [0.3, 0.4) is 0 Å². The molecule has 0 amide bonds. The van der Waals surface area contributed by atoms with E-state index >= 15 is 0 Å². The van der Waals surface area contributed by atoms with E-state index in [1.54, 1.807) is 0 Å². The summed E-state index contributed by atoms with van der Waals surface area (Å²) >= 11 is 0. The second kappa shape index (κ2) is 12.7. The van der Waals surface area contributed by atoms with E-state index in [9.17, 15) is 9.59 Å². The first kappa shape index (κ1) is 33.0. The fourth-order valence-corrected chi connectivity index (χ4v) is 11.7. The quantitative estimate of drug-likeness (QED) is 0.155. The molecular weight excluding hydrogens is 584 g/mol. The Morgan fingerprint density at radius 1 is 1.00 bits per heavy atom. The van der Waals surface area contributed by atoms with Crippen molar-refractivity contribution in [3.63, 3.8) is 0 Å². The standard InChI is InChI=1S/C42H58O5/c1-25(2)9-7-10-26(3)34-16-17-35-33-14-13-28-23-29(19-21-41(28,5)36(33)20-22-42(34,35)6)46-38(43)24-45-37-18-15-31-30-11-8-12-32(30)40(44)47-39(31)27(37)4/h13,15,18,25-26,29,33-36H,7-12,14,16-17,19-24H2,1-6H3/t26-,29-,33+,34-,35+,36-,41-,42+/m1/s1. The summed E-state index contributed by atoms with van der Waals surface area (Å²) in [5.74, 6) is 5.19. The third-order valence-electron chi connectivity index (χ3n) is 14.2. The van der Waals surface area contributed by atoms with Crippen molar-refractivity contribution < 1.29 is 18.7 Å². The van der Waals surface area contributed by atoms with Crippen molar-refractivity contribution in [1.82, 2.24) is 0 Å². The predicted molar refractivity (Wildman–Crippen MR) is 188 cm³/mol. The molecule has 256 valence electrons. The second-order valence-electron chi connectivity index (χ2n) is 17.2. The Morgan fingerprint density at radius 2 is 1.81 bits per heavy atom. The SMILES string of the molecule is Cc1c(OCC(=O)O[C@@H]2CC[C@]3(C)C(=CC[C@@H]4[C@H]3CC[C@@]3(C)[C@@H]([C@H](C)CCCC(C)C)CC[C@@H]43)C2)ccc2c3c(c(=O)oc12)CCC3. The Bertz CT molecular complexity index is 1600. The van der Waals surface area contributed by atoms with Gasteiger partial charge in [-0.1, -0.05) is 65.5 Å². The molecule has 0 aliphatic heterocycles. The van der Waals surface area contributed by atoms with Gasteiger partial charge in [0.1, 0.15) is 17.4 Å². The number of hydrogen-bond acceptors (Lipinski definition) is 5. The number of esters is 1. The van der Waals surface area contributed by atoms with Gasteiger partial charge < -0.3 is 13.9 Å². The van der Waals surface area contributed by atoms with E-state index in [1.807, 2.05) is 19.1 Å². The average Bonchev–Trinajstić information content (AvgIpc) is 3.67. The molecule has 0 N–H and O–H groups in total. The lowest BCUT2D eigenvalue weighted by Gasteiger charge is -2.58. The molecule has 0 spiro atoms. The number of fused-ring (bicyclic) bond motifs is 8. The van der Waals surface area contributed by atoms with Crippen LogP contribution in [0.15, 0.2) is 33.0 Å². The van der Waals surface area contributed by atoms with Crippen LogP contribution >= 0.6 is 0 Å². The fraction of sp³-hybridized carbons (Fsp3) is 0.714. The number of aryl methyl sites for hydroxylation is 2. The Kier molecular flexibility index (Phi) is 8.92. The van der Waals surface area contributed by atoms with Gasteiger partial charge in [0.2, 0.25) is 0 Å². The number of rotatable bonds is 9. The van der Waals surface area contributed by atoms with Gasteiger partial charge in [0.15, 0.2) is 6.61 Å². The zero-order valence-corrected chi connectivity index (χ0v) is 29.9. The minimum absolute atomic E-state index is 0.0864. The molecule has 1 heterocycles.